The van der Waals surface area contributed by atoms with Crippen LogP contribution in [0.15, 0.2) is 73.3 Å². The monoisotopic (exact) mass is 308 g/mol. The summed E-state index contributed by atoms with van der Waals surface area (Å²) in [5, 5.41) is 5.18. The van der Waals surface area contributed by atoms with E-state index in [9.17, 15) is 0 Å². The molecular weight excluding hydrogens is 288 g/mol. The summed E-state index contributed by atoms with van der Waals surface area (Å²) in [5.74, 6) is 0. The van der Waals surface area contributed by atoms with Crippen LogP contribution in [0.3, 0.4) is 0 Å². The van der Waals surface area contributed by atoms with Crippen LogP contribution in [0.2, 0.25) is 0 Å². The average molecular weight is 308 g/mol. The summed E-state index contributed by atoms with van der Waals surface area (Å²) in [4.78, 5) is 0. The molecule has 0 spiro atoms. The number of hydrogen-bond acceptors (Lipinski definition) is 0. The summed E-state index contributed by atoms with van der Waals surface area (Å²) >= 11 is 0. The molecular formula is C24H20. The van der Waals surface area contributed by atoms with E-state index < -0.39 is 0 Å². The van der Waals surface area contributed by atoms with Gasteiger partial charge in [-0.1, -0.05) is 67.3 Å². The Kier molecular flexibility index (Phi) is 3.46. The quantitative estimate of drug-likeness (QED) is 0.352. The third-order valence-corrected chi connectivity index (χ3v) is 4.98. The highest BCUT2D eigenvalue weighted by molar-refractivity contribution is 6.07. The summed E-state index contributed by atoms with van der Waals surface area (Å²) < 4.78 is 0. The minimum Gasteiger partial charge on any atom is -0.0984 e. The molecule has 0 saturated heterocycles. The van der Waals surface area contributed by atoms with E-state index in [1.165, 1.54) is 49.4 Å². The van der Waals surface area contributed by atoms with Crippen molar-refractivity contribution in [1.82, 2.24) is 0 Å². The van der Waals surface area contributed by atoms with Gasteiger partial charge >= 0.3 is 0 Å². The molecule has 4 rings (SSSR count). The fourth-order valence-corrected chi connectivity index (χ4v) is 3.58. The fourth-order valence-electron chi connectivity index (χ4n) is 3.58. The highest BCUT2D eigenvalue weighted by atomic mass is 14.2. The van der Waals surface area contributed by atoms with Crippen LogP contribution in [-0.2, 0) is 0 Å². The summed E-state index contributed by atoms with van der Waals surface area (Å²) in [7, 11) is 0. The zero-order valence-corrected chi connectivity index (χ0v) is 14.1. The van der Waals surface area contributed by atoms with E-state index in [1.54, 1.807) is 0 Å². The second-order valence-corrected chi connectivity index (χ2v) is 6.41. The molecule has 4 aromatic rings. The van der Waals surface area contributed by atoms with Gasteiger partial charge < -0.3 is 0 Å². The second-order valence-electron chi connectivity index (χ2n) is 6.41. The minimum atomic E-state index is 1.18. The first-order valence-corrected chi connectivity index (χ1v) is 8.33. The highest BCUT2D eigenvalue weighted by Gasteiger charge is 2.13. The maximum absolute atomic E-state index is 4.00. The lowest BCUT2D eigenvalue weighted by atomic mass is 9.87. The van der Waals surface area contributed by atoms with E-state index in [-0.39, 0.29) is 0 Å². The SMILES string of the molecule is C=Cc1ccccc1-c1c(C)c(C)cc2cc3ccccc3cc12. The third-order valence-electron chi connectivity index (χ3n) is 4.98. The number of fused-ring (bicyclic) bond motifs is 2. The Bertz CT molecular complexity index is 1080. The molecule has 0 aliphatic heterocycles. The lowest BCUT2D eigenvalue weighted by molar-refractivity contribution is 1.36. The van der Waals surface area contributed by atoms with Gasteiger partial charge in [0.15, 0.2) is 0 Å². The van der Waals surface area contributed by atoms with Gasteiger partial charge in [-0.15, -0.1) is 0 Å². The molecule has 0 saturated carbocycles. The Hall–Kier alpha value is -2.86. The summed E-state index contributed by atoms with van der Waals surface area (Å²) in [6.07, 6.45) is 1.95. The molecule has 0 nitrogen and oxygen atoms in total. The van der Waals surface area contributed by atoms with Gasteiger partial charge in [0, 0.05) is 0 Å². The Labute approximate surface area is 143 Å². The molecule has 0 aliphatic carbocycles. The lowest BCUT2D eigenvalue weighted by Crippen LogP contribution is -1.93. The molecule has 4 aromatic carbocycles. The van der Waals surface area contributed by atoms with Crippen LogP contribution < -0.4 is 0 Å². The molecule has 0 atom stereocenters. The molecule has 116 valence electrons. The van der Waals surface area contributed by atoms with Crippen molar-refractivity contribution in [2.45, 2.75) is 13.8 Å². The molecule has 0 aromatic heterocycles. The standard InChI is InChI=1S/C24H20/c1-4-18-9-7-8-12-22(18)24-17(3)16(2)13-21-14-19-10-5-6-11-20(19)15-23(21)24/h4-15H,1H2,2-3H3. The molecule has 0 fully saturated rings. The first kappa shape index (κ1) is 14.7. The van der Waals surface area contributed by atoms with Crippen molar-refractivity contribution in [2.24, 2.45) is 0 Å². The predicted molar refractivity (Wildman–Crippen MR) is 106 cm³/mol. The van der Waals surface area contributed by atoms with E-state index in [2.05, 4.69) is 87.2 Å². The Morgan fingerprint density at radius 1 is 0.750 bits per heavy atom. The van der Waals surface area contributed by atoms with Crippen LogP contribution in [0.1, 0.15) is 16.7 Å². The van der Waals surface area contributed by atoms with Gasteiger partial charge in [0.2, 0.25) is 0 Å². The molecule has 0 heterocycles. The third kappa shape index (κ3) is 2.23. The highest BCUT2D eigenvalue weighted by Crippen LogP contribution is 2.37. The van der Waals surface area contributed by atoms with E-state index in [0.717, 1.165) is 0 Å². The first-order valence-electron chi connectivity index (χ1n) is 8.33. The number of rotatable bonds is 2. The molecule has 24 heavy (non-hydrogen) atoms. The maximum Gasteiger partial charge on any atom is -0.00672 e. The van der Waals surface area contributed by atoms with Crippen molar-refractivity contribution in [3.8, 4) is 11.1 Å². The van der Waals surface area contributed by atoms with Crippen LogP contribution in [0.4, 0.5) is 0 Å². The van der Waals surface area contributed by atoms with Gasteiger partial charge in [-0.3, -0.25) is 0 Å². The largest absolute Gasteiger partial charge is 0.0984 e. The Morgan fingerprint density at radius 3 is 2.17 bits per heavy atom. The minimum absolute atomic E-state index is 1.18. The van der Waals surface area contributed by atoms with E-state index >= 15 is 0 Å². The van der Waals surface area contributed by atoms with E-state index in [1.807, 2.05) is 6.08 Å². The molecule has 0 heteroatoms. The predicted octanol–water partition coefficient (Wildman–Crippen LogP) is 6.92. The van der Waals surface area contributed by atoms with Crippen molar-refractivity contribution in [1.29, 1.82) is 0 Å². The van der Waals surface area contributed by atoms with Crippen molar-refractivity contribution < 1.29 is 0 Å². The number of hydrogen-bond donors (Lipinski definition) is 0. The van der Waals surface area contributed by atoms with Crippen LogP contribution in [0.5, 0.6) is 0 Å². The van der Waals surface area contributed by atoms with Crippen molar-refractivity contribution >= 4 is 27.6 Å². The van der Waals surface area contributed by atoms with Gasteiger partial charge in [0.1, 0.15) is 0 Å². The van der Waals surface area contributed by atoms with Gasteiger partial charge in [-0.25, -0.2) is 0 Å². The van der Waals surface area contributed by atoms with Gasteiger partial charge in [0.25, 0.3) is 0 Å². The van der Waals surface area contributed by atoms with Crippen molar-refractivity contribution in [3.05, 3.63) is 90.0 Å². The average Bonchev–Trinajstić information content (AvgIpc) is 2.61. The van der Waals surface area contributed by atoms with Gasteiger partial charge in [-0.05, 0) is 75.3 Å². The zero-order chi connectivity index (χ0) is 16.7. The fraction of sp³-hybridized carbons (Fsp3) is 0.0833. The zero-order valence-electron chi connectivity index (χ0n) is 14.1. The number of aryl methyl sites for hydroxylation is 1. The summed E-state index contributed by atoms with van der Waals surface area (Å²) in [6, 6.07) is 24.0. The van der Waals surface area contributed by atoms with Crippen molar-refractivity contribution in [3.63, 3.8) is 0 Å². The number of benzene rings is 4. The van der Waals surface area contributed by atoms with Crippen LogP contribution in [0, 0.1) is 13.8 Å². The van der Waals surface area contributed by atoms with Crippen molar-refractivity contribution in [2.75, 3.05) is 0 Å². The molecule has 0 aliphatic rings. The second kappa shape index (κ2) is 5.65. The topological polar surface area (TPSA) is 0 Å². The molecule has 0 unspecified atom stereocenters. The van der Waals surface area contributed by atoms with Gasteiger partial charge in [-0.2, -0.15) is 0 Å². The van der Waals surface area contributed by atoms with Crippen LogP contribution in [0.25, 0.3) is 38.7 Å². The van der Waals surface area contributed by atoms with E-state index in [0.29, 0.717) is 0 Å². The lowest BCUT2D eigenvalue weighted by Gasteiger charge is -2.16. The molecule has 0 N–H and O–H groups in total. The molecule has 0 radical (unpaired) electrons. The first-order chi connectivity index (χ1) is 11.7. The Morgan fingerprint density at radius 2 is 1.42 bits per heavy atom. The maximum atomic E-state index is 4.00. The molecule has 0 amide bonds. The molecule has 0 bridgehead atoms. The van der Waals surface area contributed by atoms with Crippen LogP contribution >= 0.6 is 0 Å². The van der Waals surface area contributed by atoms with Crippen LogP contribution in [-0.4, -0.2) is 0 Å². The smallest absolute Gasteiger partial charge is 0.00672 e. The summed E-state index contributed by atoms with van der Waals surface area (Å²) in [5.41, 5.74) is 6.43. The van der Waals surface area contributed by atoms with E-state index in [4.69, 9.17) is 0 Å². The normalized spacial score (nSPS) is 11.1. The Balaban J connectivity index is 2.19. The van der Waals surface area contributed by atoms with Gasteiger partial charge in [0.05, 0.1) is 0 Å². The summed E-state index contributed by atoms with van der Waals surface area (Å²) in [6.45, 7) is 8.42.